The number of furan rings is 1. The Morgan fingerprint density at radius 3 is 1.72 bits per heavy atom. The van der Waals surface area contributed by atoms with Crippen LogP contribution in [0.1, 0.15) is 0 Å². The molecule has 0 amide bonds. The van der Waals surface area contributed by atoms with Crippen molar-refractivity contribution in [3.63, 3.8) is 0 Å². The first kappa shape index (κ1) is 35.7. The van der Waals surface area contributed by atoms with Crippen LogP contribution in [0.25, 0.3) is 133 Å². The molecule has 0 saturated heterocycles. The van der Waals surface area contributed by atoms with Crippen molar-refractivity contribution in [2.45, 2.75) is 0 Å². The Balaban J connectivity index is 1.15. The lowest BCUT2D eigenvalue weighted by atomic mass is 10.0. The lowest BCUT2D eigenvalue weighted by Crippen LogP contribution is -2.05. The van der Waals surface area contributed by atoms with Crippen LogP contribution in [0.4, 0.5) is 0 Å². The normalized spacial score (nSPS) is 12.0. The highest BCUT2D eigenvalue weighted by molar-refractivity contribution is 6.18. The van der Waals surface area contributed by atoms with Crippen LogP contribution in [0.15, 0.2) is 217 Å². The van der Waals surface area contributed by atoms with Crippen molar-refractivity contribution in [3.8, 4) is 45.5 Å². The maximum absolute atomic E-state index is 6.68. The third-order valence-electron chi connectivity index (χ3n) is 13.1. The number of para-hydroxylation sites is 5. The molecule has 65 heavy (non-hydrogen) atoms. The van der Waals surface area contributed by atoms with Gasteiger partial charge in [-0.2, -0.15) is 0 Å². The molecule has 0 spiro atoms. The van der Waals surface area contributed by atoms with Crippen molar-refractivity contribution in [1.82, 2.24) is 24.1 Å². The average Bonchev–Trinajstić information content (AvgIpc) is 4.03. The first-order valence-electron chi connectivity index (χ1n) is 21.9. The lowest BCUT2D eigenvalue weighted by Gasteiger charge is -2.17. The highest BCUT2D eigenvalue weighted by Gasteiger charge is 2.26. The molecule has 0 bridgehead atoms. The van der Waals surface area contributed by atoms with E-state index in [1.165, 1.54) is 21.5 Å². The quantitative estimate of drug-likeness (QED) is 0.173. The van der Waals surface area contributed by atoms with Gasteiger partial charge >= 0.3 is 0 Å². The van der Waals surface area contributed by atoms with E-state index in [1.54, 1.807) is 0 Å². The summed E-state index contributed by atoms with van der Waals surface area (Å²) in [4.78, 5) is 16.7. The van der Waals surface area contributed by atoms with Crippen LogP contribution in [0, 0.1) is 0 Å². The summed E-state index contributed by atoms with van der Waals surface area (Å²) in [7, 11) is 0. The summed E-state index contributed by atoms with van der Waals surface area (Å²) in [6.45, 7) is 0. The van der Waals surface area contributed by atoms with Crippen LogP contribution in [-0.2, 0) is 0 Å². The smallest absolute Gasteiger partial charge is 0.166 e. The Kier molecular flexibility index (Phi) is 7.59. The Morgan fingerprint density at radius 1 is 0.338 bits per heavy atom. The summed E-state index contributed by atoms with van der Waals surface area (Å²) in [5.41, 5.74) is 10.6. The maximum atomic E-state index is 6.68. The molecule has 0 aliphatic heterocycles. The number of benzene rings is 10. The fourth-order valence-electron chi connectivity index (χ4n) is 10.3. The van der Waals surface area contributed by atoms with E-state index in [0.717, 1.165) is 93.6 Å². The second kappa shape index (κ2) is 13.8. The SMILES string of the molecule is c1ccc(-n2c3ccccc3c3cccc(-c4nc(-c5cccc6ccccc56)nc(-c5c(-n6c7ccccc7c7cc8ccccc8cc76)ccc6oc7ccccc7c56)n4)c32)cc1. The van der Waals surface area contributed by atoms with E-state index in [4.69, 9.17) is 19.4 Å². The lowest BCUT2D eigenvalue weighted by molar-refractivity contribution is 0.669. The van der Waals surface area contributed by atoms with E-state index in [0.29, 0.717) is 17.5 Å². The van der Waals surface area contributed by atoms with Gasteiger partial charge in [-0.05, 0) is 82.2 Å². The maximum Gasteiger partial charge on any atom is 0.166 e. The van der Waals surface area contributed by atoms with E-state index in [1.807, 2.05) is 12.1 Å². The number of nitrogens with zero attached hydrogens (tertiary/aromatic N) is 5. The van der Waals surface area contributed by atoms with Gasteiger partial charge in [0.15, 0.2) is 17.5 Å². The average molecular weight is 830 g/mol. The van der Waals surface area contributed by atoms with E-state index >= 15 is 0 Å². The third-order valence-corrected chi connectivity index (χ3v) is 13.1. The van der Waals surface area contributed by atoms with Crippen LogP contribution < -0.4 is 0 Å². The zero-order valence-electron chi connectivity index (χ0n) is 34.9. The molecule has 4 aromatic heterocycles. The molecule has 0 unspecified atom stereocenters. The molecule has 0 aliphatic carbocycles. The van der Waals surface area contributed by atoms with Gasteiger partial charge in [0.2, 0.25) is 0 Å². The van der Waals surface area contributed by atoms with Gasteiger partial charge in [-0.3, -0.25) is 0 Å². The molecule has 6 nitrogen and oxygen atoms in total. The third kappa shape index (κ3) is 5.31. The molecule has 0 radical (unpaired) electrons. The summed E-state index contributed by atoms with van der Waals surface area (Å²) < 4.78 is 11.4. The minimum atomic E-state index is 0.552. The number of aromatic nitrogens is 5. The molecule has 6 heteroatoms. The molecule has 14 rings (SSSR count). The molecule has 14 aromatic rings. The van der Waals surface area contributed by atoms with Crippen molar-refractivity contribution in [2.24, 2.45) is 0 Å². The summed E-state index contributed by atoms with van der Waals surface area (Å²) in [5, 5.41) is 11.1. The van der Waals surface area contributed by atoms with Gasteiger partial charge in [-0.1, -0.05) is 152 Å². The summed E-state index contributed by atoms with van der Waals surface area (Å²) in [6.07, 6.45) is 0. The molecular weight excluding hydrogens is 795 g/mol. The molecule has 4 heterocycles. The minimum Gasteiger partial charge on any atom is -0.456 e. The number of hydrogen-bond donors (Lipinski definition) is 0. The fourth-order valence-corrected chi connectivity index (χ4v) is 10.3. The van der Waals surface area contributed by atoms with Gasteiger partial charge < -0.3 is 13.6 Å². The fraction of sp³-hybridized carbons (Fsp3) is 0. The number of fused-ring (bicyclic) bond motifs is 11. The highest BCUT2D eigenvalue weighted by atomic mass is 16.3. The monoisotopic (exact) mass is 829 g/mol. The van der Waals surface area contributed by atoms with E-state index in [-0.39, 0.29) is 0 Å². The zero-order chi connectivity index (χ0) is 42.6. The van der Waals surface area contributed by atoms with Gasteiger partial charge in [0, 0.05) is 49.1 Å². The highest BCUT2D eigenvalue weighted by Crippen LogP contribution is 2.45. The van der Waals surface area contributed by atoms with Crippen LogP contribution >= 0.6 is 0 Å². The molecular formula is C59H35N5O. The van der Waals surface area contributed by atoms with Gasteiger partial charge in [0.25, 0.3) is 0 Å². The molecule has 0 N–H and O–H groups in total. The van der Waals surface area contributed by atoms with Crippen molar-refractivity contribution in [1.29, 1.82) is 0 Å². The van der Waals surface area contributed by atoms with Crippen LogP contribution in [0.5, 0.6) is 0 Å². The first-order chi connectivity index (χ1) is 32.2. The van der Waals surface area contributed by atoms with Crippen LogP contribution in [0.2, 0.25) is 0 Å². The second-order valence-corrected chi connectivity index (χ2v) is 16.7. The predicted molar refractivity (Wildman–Crippen MR) is 267 cm³/mol. The Morgan fingerprint density at radius 2 is 0.908 bits per heavy atom. The van der Waals surface area contributed by atoms with Crippen LogP contribution in [-0.4, -0.2) is 24.1 Å². The number of rotatable bonds is 5. The molecule has 10 aromatic carbocycles. The summed E-state index contributed by atoms with van der Waals surface area (Å²) in [5.74, 6) is 1.72. The molecule has 0 atom stereocenters. The van der Waals surface area contributed by atoms with Gasteiger partial charge in [-0.15, -0.1) is 0 Å². The van der Waals surface area contributed by atoms with Crippen molar-refractivity contribution in [2.75, 3.05) is 0 Å². The summed E-state index contributed by atoms with van der Waals surface area (Å²) in [6, 6.07) is 74.9. The zero-order valence-corrected chi connectivity index (χ0v) is 34.9. The molecule has 302 valence electrons. The van der Waals surface area contributed by atoms with Gasteiger partial charge in [0.1, 0.15) is 11.2 Å². The van der Waals surface area contributed by atoms with E-state index < -0.39 is 0 Å². The van der Waals surface area contributed by atoms with Gasteiger partial charge in [0.05, 0.1) is 33.3 Å². The Hall–Kier alpha value is -8.87. The Labute approximate surface area is 371 Å². The molecule has 0 saturated carbocycles. The predicted octanol–water partition coefficient (Wildman–Crippen LogP) is 15.3. The molecule has 0 fully saturated rings. The standard InChI is InChI=1S/C59H35N5O/c1-2-20-39(21-3-1)63-48-29-11-8-23-41(48)43-26-15-28-46(56(43)63)58-60-57(44-27-14-19-36-16-6-7-22-40(36)44)61-59(62-58)55-50(32-33-53-54(55)45-25-10-13-31-52(45)65-53)64-49-30-12-9-24-42(49)47-34-37-17-4-5-18-38(37)35-51(47)64/h1-35H. The van der Waals surface area contributed by atoms with Gasteiger partial charge in [-0.25, -0.2) is 15.0 Å². The topological polar surface area (TPSA) is 61.7 Å². The first-order valence-corrected chi connectivity index (χ1v) is 21.9. The summed E-state index contributed by atoms with van der Waals surface area (Å²) >= 11 is 0. The van der Waals surface area contributed by atoms with Crippen molar-refractivity contribution >= 4 is 87.1 Å². The second-order valence-electron chi connectivity index (χ2n) is 16.7. The number of hydrogen-bond acceptors (Lipinski definition) is 4. The Bertz CT molecular complexity index is 4250. The van der Waals surface area contributed by atoms with Crippen LogP contribution in [0.3, 0.4) is 0 Å². The molecule has 0 aliphatic rings. The largest absolute Gasteiger partial charge is 0.456 e. The van der Waals surface area contributed by atoms with E-state index in [9.17, 15) is 0 Å². The van der Waals surface area contributed by atoms with Crippen molar-refractivity contribution in [3.05, 3.63) is 212 Å². The van der Waals surface area contributed by atoms with Crippen molar-refractivity contribution < 1.29 is 4.42 Å². The van der Waals surface area contributed by atoms with E-state index in [2.05, 4.69) is 209 Å². The minimum absolute atomic E-state index is 0.552.